The quantitative estimate of drug-likeness (QED) is 0.304. The molecular formula is C41H40F2N2O9S. The van der Waals surface area contributed by atoms with Crippen LogP contribution in [0.2, 0.25) is 0 Å². The van der Waals surface area contributed by atoms with Gasteiger partial charge >= 0.3 is 0 Å². The highest BCUT2D eigenvalue weighted by Gasteiger charge is 2.80. The molecule has 288 valence electrons. The number of halogens is 2. The lowest BCUT2D eigenvalue weighted by atomic mass is 9.44. The number of amides is 3. The maximum atomic E-state index is 17.7. The molecule has 2 aliphatic heterocycles. The number of aliphatic hydroxyl groups excluding tert-OH is 2. The summed E-state index contributed by atoms with van der Waals surface area (Å²) in [5.74, 6) is -4.03. The van der Waals surface area contributed by atoms with E-state index in [4.69, 9.17) is 9.47 Å². The summed E-state index contributed by atoms with van der Waals surface area (Å²) in [5, 5.41) is 24.8. The average molecular weight is 775 g/mol. The van der Waals surface area contributed by atoms with Crippen molar-refractivity contribution < 1.29 is 52.4 Å². The standard InChI is InChI=1S/C41H40F2N2O9S/c1-38-14-12-24(47)17-29(38)30(42)18-28-27-19-33-41(32(49)21-46,39(27,2)20-31(48)40(28,38)43)54-37(53-33)22-6-8-25(9-7-22)55-26-5-3-4-23(16-26)44-34(50)13-15-45-35(51)10-11-36(45)52/h3-12,14,16-17,27-28,30-31,33,37,46,48H,13,15,18-21H2,1-2H3,(H,44,50)/t27?,28-,30-,31-,33+,37+,38-,39-,40-,41+/m0/s1. The highest BCUT2D eigenvalue weighted by atomic mass is 32.2. The summed E-state index contributed by atoms with van der Waals surface area (Å²) in [6.45, 7) is 2.36. The van der Waals surface area contributed by atoms with Crippen molar-refractivity contribution in [1.29, 1.82) is 0 Å². The van der Waals surface area contributed by atoms with Gasteiger partial charge in [-0.25, -0.2) is 8.78 Å². The SMILES string of the molecule is C[C@]12C=CC(=O)C=C1[C@@H](F)C[C@H]1C3C[C@H]4O[C@@H](c5ccc(Sc6cccc(NC(=O)CCN7C(=O)C=CC7=O)c6)cc5)O[C@@]4(C(=O)CO)[C@@]3(C)C[C@H](O)[C@@]12F. The van der Waals surface area contributed by atoms with E-state index in [0.717, 1.165) is 20.8 Å². The molecule has 3 N–H and O–H groups in total. The molecule has 55 heavy (non-hydrogen) atoms. The molecule has 14 heteroatoms. The molecule has 3 amide bonds. The monoisotopic (exact) mass is 774 g/mol. The van der Waals surface area contributed by atoms with E-state index in [1.807, 2.05) is 18.2 Å². The molecule has 4 aliphatic carbocycles. The van der Waals surface area contributed by atoms with Gasteiger partial charge in [0.1, 0.15) is 12.8 Å². The van der Waals surface area contributed by atoms with Crippen LogP contribution in [0, 0.1) is 22.7 Å². The van der Waals surface area contributed by atoms with Gasteiger partial charge in [-0.3, -0.25) is 28.9 Å². The number of alkyl halides is 2. The molecule has 2 aromatic rings. The van der Waals surface area contributed by atoms with Crippen LogP contribution in [0.15, 0.2) is 94.3 Å². The second-order valence-corrected chi connectivity index (χ2v) is 16.8. The van der Waals surface area contributed by atoms with Gasteiger partial charge in [0, 0.05) is 62.9 Å². The van der Waals surface area contributed by atoms with Crippen LogP contribution in [-0.4, -0.2) is 87.2 Å². The Morgan fingerprint density at radius 3 is 2.44 bits per heavy atom. The number of fused-ring (bicyclic) bond motifs is 7. The Morgan fingerprint density at radius 1 is 1.00 bits per heavy atom. The Labute approximate surface area is 319 Å². The number of ether oxygens (including phenoxy) is 2. The number of nitrogens with zero attached hydrogens (tertiary/aromatic N) is 1. The van der Waals surface area contributed by atoms with Crippen molar-refractivity contribution in [3.8, 4) is 0 Å². The van der Waals surface area contributed by atoms with Gasteiger partial charge in [-0.1, -0.05) is 43.0 Å². The summed E-state index contributed by atoms with van der Waals surface area (Å²) in [6, 6.07) is 14.4. The second-order valence-electron chi connectivity index (χ2n) is 15.6. The van der Waals surface area contributed by atoms with Crippen LogP contribution < -0.4 is 5.32 Å². The maximum absolute atomic E-state index is 17.7. The third kappa shape index (κ3) is 5.62. The average Bonchev–Trinajstić information content (AvgIpc) is 3.78. The van der Waals surface area contributed by atoms with Crippen LogP contribution in [-0.2, 0) is 33.4 Å². The summed E-state index contributed by atoms with van der Waals surface area (Å²) >= 11 is 1.42. The van der Waals surface area contributed by atoms with Gasteiger partial charge in [0.25, 0.3) is 11.8 Å². The number of carbonyl (C=O) groups is 5. The number of Topliss-reactive ketones (excluding diaryl/α,β-unsaturated/α-hetero) is 1. The van der Waals surface area contributed by atoms with Crippen molar-refractivity contribution in [2.24, 2.45) is 22.7 Å². The zero-order chi connectivity index (χ0) is 39.1. The van der Waals surface area contributed by atoms with Crippen molar-refractivity contribution in [3.63, 3.8) is 0 Å². The molecule has 4 fully saturated rings. The van der Waals surface area contributed by atoms with Crippen LogP contribution in [0.25, 0.3) is 0 Å². The molecule has 2 heterocycles. The number of ketones is 2. The molecular weight excluding hydrogens is 735 g/mol. The zero-order valence-electron chi connectivity index (χ0n) is 30.1. The smallest absolute Gasteiger partial charge is 0.253 e. The normalized spacial score (nSPS) is 37.3. The summed E-state index contributed by atoms with van der Waals surface area (Å²) in [4.78, 5) is 64.8. The lowest BCUT2D eigenvalue weighted by molar-refractivity contribution is -0.235. The van der Waals surface area contributed by atoms with Crippen LogP contribution >= 0.6 is 11.8 Å². The zero-order valence-corrected chi connectivity index (χ0v) is 30.9. The van der Waals surface area contributed by atoms with Crippen LogP contribution in [0.3, 0.4) is 0 Å². The second kappa shape index (κ2) is 13.4. The minimum Gasteiger partial charge on any atom is -0.390 e. The first-order valence-electron chi connectivity index (χ1n) is 18.3. The summed E-state index contributed by atoms with van der Waals surface area (Å²) in [7, 11) is 0. The summed E-state index contributed by atoms with van der Waals surface area (Å²) in [6.07, 6.45) is 0.428. The van der Waals surface area contributed by atoms with E-state index in [1.54, 1.807) is 37.3 Å². The fourth-order valence-corrected chi connectivity index (χ4v) is 11.1. The topological polar surface area (TPSA) is 160 Å². The first-order chi connectivity index (χ1) is 26.1. The van der Waals surface area contributed by atoms with E-state index in [9.17, 15) is 34.2 Å². The van der Waals surface area contributed by atoms with E-state index in [1.165, 1.54) is 43.0 Å². The fourth-order valence-electron chi connectivity index (χ4n) is 10.3. The number of hydrogen-bond acceptors (Lipinski definition) is 10. The van der Waals surface area contributed by atoms with Gasteiger partial charge in [-0.2, -0.15) is 0 Å². The molecule has 6 aliphatic rings. The van der Waals surface area contributed by atoms with E-state index in [2.05, 4.69) is 5.32 Å². The predicted molar refractivity (Wildman–Crippen MR) is 194 cm³/mol. The largest absolute Gasteiger partial charge is 0.390 e. The van der Waals surface area contributed by atoms with Crippen molar-refractivity contribution in [2.45, 2.75) is 85.3 Å². The predicted octanol–water partition coefficient (Wildman–Crippen LogP) is 4.73. The van der Waals surface area contributed by atoms with Crippen molar-refractivity contribution in [2.75, 3.05) is 18.5 Å². The molecule has 0 radical (unpaired) electrons. The highest BCUT2D eigenvalue weighted by molar-refractivity contribution is 7.99. The Hall–Kier alpha value is -4.34. The highest BCUT2D eigenvalue weighted by Crippen LogP contribution is 2.72. The number of allylic oxidation sites excluding steroid dienone is 4. The molecule has 0 spiro atoms. The summed E-state index contributed by atoms with van der Waals surface area (Å²) < 4.78 is 46.6. The van der Waals surface area contributed by atoms with E-state index in [-0.39, 0.29) is 43.7 Å². The third-order valence-corrected chi connectivity index (χ3v) is 13.9. The number of anilines is 1. The van der Waals surface area contributed by atoms with Crippen LogP contribution in [0.1, 0.15) is 51.4 Å². The first kappa shape index (κ1) is 37.6. The number of carbonyl (C=O) groups excluding carboxylic acids is 5. The van der Waals surface area contributed by atoms with Gasteiger partial charge in [-0.15, -0.1) is 0 Å². The number of nitrogens with one attached hydrogen (secondary N) is 1. The molecule has 1 saturated heterocycles. The molecule has 10 atom stereocenters. The molecule has 2 aromatic carbocycles. The number of aliphatic hydroxyl groups is 2. The lowest BCUT2D eigenvalue weighted by Gasteiger charge is -2.63. The van der Waals surface area contributed by atoms with Gasteiger partial charge < -0.3 is 25.0 Å². The van der Waals surface area contributed by atoms with E-state index >= 15 is 8.78 Å². The van der Waals surface area contributed by atoms with Crippen molar-refractivity contribution >= 4 is 46.7 Å². The summed E-state index contributed by atoms with van der Waals surface area (Å²) in [5.41, 5.74) is -5.74. The van der Waals surface area contributed by atoms with Gasteiger partial charge in [-0.05, 0) is 80.2 Å². The Kier molecular flexibility index (Phi) is 9.16. The minimum atomic E-state index is -2.34. The number of benzene rings is 2. The van der Waals surface area contributed by atoms with Crippen LogP contribution in [0.5, 0.6) is 0 Å². The third-order valence-electron chi connectivity index (χ3n) is 12.9. The molecule has 8 rings (SSSR count). The van der Waals surface area contributed by atoms with Gasteiger partial charge in [0.05, 0.1) is 12.2 Å². The van der Waals surface area contributed by atoms with Crippen molar-refractivity contribution in [1.82, 2.24) is 4.90 Å². The fraction of sp³-hybridized carbons (Fsp3) is 0.439. The lowest BCUT2D eigenvalue weighted by Crippen LogP contribution is -2.70. The number of rotatable bonds is 9. The minimum absolute atomic E-state index is 0.00936. The van der Waals surface area contributed by atoms with Gasteiger partial charge in [0.2, 0.25) is 5.91 Å². The maximum Gasteiger partial charge on any atom is 0.253 e. The van der Waals surface area contributed by atoms with E-state index in [0.29, 0.717) is 11.3 Å². The van der Waals surface area contributed by atoms with Crippen molar-refractivity contribution in [3.05, 3.63) is 90.0 Å². The Morgan fingerprint density at radius 2 is 1.73 bits per heavy atom. The Bertz CT molecular complexity index is 2070. The van der Waals surface area contributed by atoms with Crippen LogP contribution in [0.4, 0.5) is 14.5 Å². The molecule has 0 bridgehead atoms. The first-order valence-corrected chi connectivity index (χ1v) is 19.1. The number of hydrogen-bond donors (Lipinski definition) is 3. The molecule has 1 unspecified atom stereocenters. The molecule has 0 aromatic heterocycles. The van der Waals surface area contributed by atoms with Gasteiger partial charge in [0.15, 0.2) is 29.1 Å². The molecule has 3 saturated carbocycles. The van der Waals surface area contributed by atoms with E-state index < -0.39 is 88.6 Å². The number of imide groups is 1. The molecule has 11 nitrogen and oxygen atoms in total. The Balaban J connectivity index is 0.976.